The van der Waals surface area contributed by atoms with Gasteiger partial charge in [0, 0.05) is 16.6 Å². The van der Waals surface area contributed by atoms with Gasteiger partial charge in [-0.1, -0.05) is 0 Å². The molecule has 3 rings (SSSR count). The highest BCUT2D eigenvalue weighted by atomic mass is 32.1. The molecular weight excluding hydrogens is 234 g/mol. The molecule has 0 aliphatic heterocycles. The van der Waals surface area contributed by atoms with Crippen LogP contribution in [0.3, 0.4) is 0 Å². The molecule has 0 aromatic carbocycles. The summed E-state index contributed by atoms with van der Waals surface area (Å²) in [5, 5.41) is 9.07. The monoisotopic (exact) mass is 245 g/mol. The van der Waals surface area contributed by atoms with Crippen LogP contribution in [-0.4, -0.2) is 19.6 Å². The van der Waals surface area contributed by atoms with Gasteiger partial charge in [0.1, 0.15) is 6.33 Å². The van der Waals surface area contributed by atoms with Gasteiger partial charge in [-0.3, -0.25) is 4.40 Å². The first-order valence-electron chi connectivity index (χ1n) is 5.19. The van der Waals surface area contributed by atoms with Gasteiger partial charge in [0.2, 0.25) is 0 Å². The number of nitrogen functional groups attached to an aromatic ring is 1. The van der Waals surface area contributed by atoms with E-state index >= 15 is 0 Å². The SMILES string of the molecule is Cc1cc2nnc(-c3cc(C)sc3N)n2cn1. The van der Waals surface area contributed by atoms with Crippen LogP contribution in [0, 0.1) is 13.8 Å². The third-order valence-corrected chi connectivity index (χ3v) is 3.44. The highest BCUT2D eigenvalue weighted by molar-refractivity contribution is 7.16. The number of hydrogen-bond acceptors (Lipinski definition) is 5. The zero-order valence-corrected chi connectivity index (χ0v) is 10.3. The van der Waals surface area contributed by atoms with Gasteiger partial charge in [-0.25, -0.2) is 4.98 Å². The van der Waals surface area contributed by atoms with Crippen molar-refractivity contribution in [2.75, 3.05) is 5.73 Å². The van der Waals surface area contributed by atoms with Crippen LogP contribution in [0.2, 0.25) is 0 Å². The summed E-state index contributed by atoms with van der Waals surface area (Å²) in [4.78, 5) is 5.41. The van der Waals surface area contributed by atoms with E-state index in [1.54, 1.807) is 17.7 Å². The summed E-state index contributed by atoms with van der Waals surface area (Å²) >= 11 is 1.56. The lowest BCUT2D eigenvalue weighted by Gasteiger charge is -1.98. The molecule has 0 amide bonds. The van der Waals surface area contributed by atoms with Crippen molar-refractivity contribution >= 4 is 22.0 Å². The van der Waals surface area contributed by atoms with E-state index in [-0.39, 0.29) is 0 Å². The van der Waals surface area contributed by atoms with E-state index in [9.17, 15) is 0 Å². The van der Waals surface area contributed by atoms with Gasteiger partial charge < -0.3 is 5.73 Å². The average molecular weight is 245 g/mol. The zero-order valence-electron chi connectivity index (χ0n) is 9.51. The molecule has 3 aromatic rings. The van der Waals surface area contributed by atoms with Gasteiger partial charge in [0.25, 0.3) is 0 Å². The molecule has 0 aliphatic carbocycles. The van der Waals surface area contributed by atoms with Crippen molar-refractivity contribution in [3.8, 4) is 11.4 Å². The van der Waals surface area contributed by atoms with Gasteiger partial charge >= 0.3 is 0 Å². The molecule has 86 valence electrons. The Labute approximate surface area is 102 Å². The minimum Gasteiger partial charge on any atom is -0.390 e. The topological polar surface area (TPSA) is 69.1 Å². The normalized spacial score (nSPS) is 11.2. The molecule has 0 saturated heterocycles. The Hall–Kier alpha value is -1.95. The molecule has 17 heavy (non-hydrogen) atoms. The number of thiophene rings is 1. The predicted octanol–water partition coefficient (Wildman–Crippen LogP) is 2.05. The molecule has 0 saturated carbocycles. The van der Waals surface area contributed by atoms with Crippen LogP contribution in [0.1, 0.15) is 10.6 Å². The molecule has 3 heterocycles. The van der Waals surface area contributed by atoms with Gasteiger partial charge in [0.15, 0.2) is 11.5 Å². The van der Waals surface area contributed by atoms with Crippen LogP contribution in [0.4, 0.5) is 5.00 Å². The second-order valence-corrected chi connectivity index (χ2v) is 5.20. The van der Waals surface area contributed by atoms with Crippen LogP contribution < -0.4 is 5.73 Å². The van der Waals surface area contributed by atoms with Crippen molar-refractivity contribution in [1.82, 2.24) is 19.6 Å². The minimum absolute atomic E-state index is 0.745. The summed E-state index contributed by atoms with van der Waals surface area (Å²) in [6.45, 7) is 3.95. The molecule has 0 aliphatic rings. The fourth-order valence-corrected chi connectivity index (χ4v) is 2.56. The van der Waals surface area contributed by atoms with Crippen molar-refractivity contribution in [2.45, 2.75) is 13.8 Å². The molecule has 0 unspecified atom stereocenters. The van der Waals surface area contributed by atoms with E-state index in [0.29, 0.717) is 0 Å². The van der Waals surface area contributed by atoms with Gasteiger partial charge in [-0.2, -0.15) is 0 Å². The molecule has 5 nitrogen and oxygen atoms in total. The molecule has 0 fully saturated rings. The predicted molar refractivity (Wildman–Crippen MR) is 68.0 cm³/mol. The summed E-state index contributed by atoms with van der Waals surface area (Å²) in [6.07, 6.45) is 1.73. The summed E-state index contributed by atoms with van der Waals surface area (Å²) < 4.78 is 1.85. The fourth-order valence-electron chi connectivity index (χ4n) is 1.78. The van der Waals surface area contributed by atoms with E-state index in [0.717, 1.165) is 32.6 Å². The smallest absolute Gasteiger partial charge is 0.172 e. The number of rotatable bonds is 1. The Morgan fingerprint density at radius 1 is 1.24 bits per heavy atom. The molecular formula is C11H11N5S. The van der Waals surface area contributed by atoms with Crippen LogP contribution in [-0.2, 0) is 0 Å². The number of aromatic nitrogens is 4. The highest BCUT2D eigenvalue weighted by Crippen LogP contribution is 2.32. The van der Waals surface area contributed by atoms with Crippen LogP contribution in [0.15, 0.2) is 18.5 Å². The molecule has 2 N–H and O–H groups in total. The first-order chi connectivity index (χ1) is 8.15. The Morgan fingerprint density at radius 2 is 2.06 bits per heavy atom. The van der Waals surface area contributed by atoms with E-state index < -0.39 is 0 Å². The van der Waals surface area contributed by atoms with Crippen molar-refractivity contribution < 1.29 is 0 Å². The largest absolute Gasteiger partial charge is 0.390 e. The first-order valence-corrected chi connectivity index (χ1v) is 6.00. The Balaban J connectivity index is 2.28. The van der Waals surface area contributed by atoms with Crippen LogP contribution >= 0.6 is 11.3 Å². The third-order valence-electron chi connectivity index (χ3n) is 2.56. The molecule has 6 heteroatoms. The van der Waals surface area contributed by atoms with Gasteiger partial charge in [-0.05, 0) is 19.9 Å². The molecule has 3 aromatic heterocycles. The maximum Gasteiger partial charge on any atom is 0.172 e. The minimum atomic E-state index is 0.745. The molecule has 0 atom stereocenters. The Morgan fingerprint density at radius 3 is 2.76 bits per heavy atom. The van der Waals surface area contributed by atoms with Crippen molar-refractivity contribution in [2.24, 2.45) is 0 Å². The van der Waals surface area contributed by atoms with Crippen molar-refractivity contribution in [3.05, 3.63) is 29.0 Å². The lowest BCUT2D eigenvalue weighted by atomic mass is 10.3. The van der Waals surface area contributed by atoms with E-state index in [4.69, 9.17) is 5.73 Å². The second kappa shape index (κ2) is 3.53. The number of nitrogens with two attached hydrogens (primary N) is 1. The van der Waals surface area contributed by atoms with E-state index in [1.807, 2.05) is 30.4 Å². The zero-order chi connectivity index (χ0) is 12.0. The van der Waals surface area contributed by atoms with Gasteiger partial charge in [-0.15, -0.1) is 21.5 Å². The standard InChI is InChI=1S/C11H11N5S/c1-6-3-9-14-15-11(16(9)5-13-6)8-4-7(2)17-10(8)12/h3-5H,12H2,1-2H3. The van der Waals surface area contributed by atoms with Crippen LogP contribution in [0.5, 0.6) is 0 Å². The molecule has 0 radical (unpaired) electrons. The lowest BCUT2D eigenvalue weighted by Crippen LogP contribution is -1.93. The number of nitrogens with zero attached hydrogens (tertiary/aromatic N) is 4. The quantitative estimate of drug-likeness (QED) is 0.712. The summed E-state index contributed by atoms with van der Waals surface area (Å²) in [7, 11) is 0. The molecule has 0 bridgehead atoms. The van der Waals surface area contributed by atoms with Gasteiger partial charge in [0.05, 0.1) is 10.6 Å². The maximum atomic E-state index is 5.97. The summed E-state index contributed by atoms with van der Waals surface area (Å²) in [5.41, 5.74) is 8.60. The second-order valence-electron chi connectivity index (χ2n) is 3.92. The van der Waals surface area contributed by atoms with E-state index in [2.05, 4.69) is 15.2 Å². The number of hydrogen-bond donors (Lipinski definition) is 1. The highest BCUT2D eigenvalue weighted by Gasteiger charge is 2.13. The average Bonchev–Trinajstić information content (AvgIpc) is 2.81. The lowest BCUT2D eigenvalue weighted by molar-refractivity contribution is 1.05. The number of fused-ring (bicyclic) bond motifs is 1. The first kappa shape index (κ1) is 10.2. The summed E-state index contributed by atoms with van der Waals surface area (Å²) in [5.74, 6) is 0.745. The van der Waals surface area contributed by atoms with Crippen molar-refractivity contribution in [3.63, 3.8) is 0 Å². The number of aryl methyl sites for hydroxylation is 2. The van der Waals surface area contributed by atoms with E-state index in [1.165, 1.54) is 0 Å². The molecule has 0 spiro atoms. The fraction of sp³-hybridized carbons (Fsp3) is 0.182. The Kier molecular flexibility index (Phi) is 2.12. The maximum absolute atomic E-state index is 5.97. The third kappa shape index (κ3) is 1.57. The summed E-state index contributed by atoms with van der Waals surface area (Å²) in [6, 6.07) is 3.92. The Bertz CT molecular complexity index is 697. The van der Waals surface area contributed by atoms with Crippen LogP contribution in [0.25, 0.3) is 17.0 Å². The number of anilines is 1. The van der Waals surface area contributed by atoms with Crippen molar-refractivity contribution in [1.29, 1.82) is 0 Å².